The molecule has 1 unspecified atom stereocenters. The molecule has 0 amide bonds. The van der Waals surface area contributed by atoms with Crippen LogP contribution >= 0.6 is 0 Å². The fourth-order valence-corrected chi connectivity index (χ4v) is 2.00. The SMILES string of the molecule is CCC(C)c1ccc(CCNCCCNC)cc1. The van der Waals surface area contributed by atoms with Gasteiger partial charge >= 0.3 is 0 Å². The highest BCUT2D eigenvalue weighted by Crippen LogP contribution is 2.18. The molecule has 0 saturated heterocycles. The predicted molar refractivity (Wildman–Crippen MR) is 80.3 cm³/mol. The summed E-state index contributed by atoms with van der Waals surface area (Å²) in [5.74, 6) is 0.679. The molecule has 0 radical (unpaired) electrons. The first-order valence-electron chi connectivity index (χ1n) is 7.22. The van der Waals surface area contributed by atoms with E-state index in [0.717, 1.165) is 26.1 Å². The molecule has 0 spiro atoms. The van der Waals surface area contributed by atoms with Crippen molar-refractivity contribution in [3.8, 4) is 0 Å². The molecule has 0 aliphatic rings. The van der Waals surface area contributed by atoms with Crippen LogP contribution in [0.4, 0.5) is 0 Å². The third-order valence-electron chi connectivity index (χ3n) is 3.53. The molecule has 0 aliphatic heterocycles. The number of nitrogens with one attached hydrogen (secondary N) is 2. The van der Waals surface area contributed by atoms with Crippen molar-refractivity contribution in [3.63, 3.8) is 0 Å². The molecule has 1 atom stereocenters. The molecule has 0 bridgehead atoms. The number of hydrogen-bond acceptors (Lipinski definition) is 2. The molecule has 2 nitrogen and oxygen atoms in total. The van der Waals surface area contributed by atoms with E-state index in [1.807, 2.05) is 7.05 Å². The van der Waals surface area contributed by atoms with Gasteiger partial charge in [-0.2, -0.15) is 0 Å². The predicted octanol–water partition coefficient (Wildman–Crippen LogP) is 2.94. The summed E-state index contributed by atoms with van der Waals surface area (Å²) in [6.45, 7) is 7.81. The van der Waals surface area contributed by atoms with Gasteiger partial charge in [0.1, 0.15) is 0 Å². The molecule has 102 valence electrons. The van der Waals surface area contributed by atoms with E-state index in [0.29, 0.717) is 5.92 Å². The molecule has 0 fully saturated rings. The Kier molecular flexibility index (Phi) is 7.70. The fraction of sp³-hybridized carbons (Fsp3) is 0.625. The summed E-state index contributed by atoms with van der Waals surface area (Å²) in [6, 6.07) is 9.11. The molecule has 0 saturated carbocycles. The minimum absolute atomic E-state index is 0.679. The first-order chi connectivity index (χ1) is 8.77. The maximum atomic E-state index is 3.48. The largest absolute Gasteiger partial charge is 0.320 e. The van der Waals surface area contributed by atoms with Crippen molar-refractivity contribution in [3.05, 3.63) is 35.4 Å². The lowest BCUT2D eigenvalue weighted by molar-refractivity contribution is 0.625. The van der Waals surface area contributed by atoms with Gasteiger partial charge in [-0.1, -0.05) is 38.1 Å². The highest BCUT2D eigenvalue weighted by atomic mass is 14.9. The Morgan fingerprint density at radius 3 is 2.39 bits per heavy atom. The smallest absolute Gasteiger partial charge is 0.000834 e. The summed E-state index contributed by atoms with van der Waals surface area (Å²) in [4.78, 5) is 0. The molecule has 0 heterocycles. The van der Waals surface area contributed by atoms with Crippen molar-refractivity contribution in [2.45, 2.75) is 39.0 Å². The highest BCUT2D eigenvalue weighted by Gasteiger charge is 2.02. The van der Waals surface area contributed by atoms with E-state index in [9.17, 15) is 0 Å². The normalized spacial score (nSPS) is 12.6. The maximum absolute atomic E-state index is 3.48. The average Bonchev–Trinajstić information content (AvgIpc) is 2.42. The van der Waals surface area contributed by atoms with E-state index in [1.54, 1.807) is 0 Å². The summed E-state index contributed by atoms with van der Waals surface area (Å²) in [6.07, 6.45) is 3.54. The molecular weight excluding hydrogens is 220 g/mol. The Bertz CT molecular complexity index is 305. The van der Waals surface area contributed by atoms with Crippen molar-refractivity contribution in [2.24, 2.45) is 0 Å². The van der Waals surface area contributed by atoms with Gasteiger partial charge in [0.05, 0.1) is 0 Å². The standard InChI is InChI=1S/C16H28N2/c1-4-14(2)16-8-6-15(7-9-16)10-13-18-12-5-11-17-3/h6-9,14,17-18H,4-5,10-13H2,1-3H3. The Morgan fingerprint density at radius 1 is 1.06 bits per heavy atom. The summed E-state index contributed by atoms with van der Waals surface area (Å²) in [5, 5.41) is 6.64. The van der Waals surface area contributed by atoms with Crippen molar-refractivity contribution < 1.29 is 0 Å². The Labute approximate surface area is 112 Å². The van der Waals surface area contributed by atoms with E-state index in [2.05, 4.69) is 48.7 Å². The molecule has 1 rings (SSSR count). The van der Waals surface area contributed by atoms with Crippen LogP contribution in [0.3, 0.4) is 0 Å². The summed E-state index contributed by atoms with van der Waals surface area (Å²) in [7, 11) is 2.00. The van der Waals surface area contributed by atoms with E-state index in [-0.39, 0.29) is 0 Å². The van der Waals surface area contributed by atoms with Crippen LogP contribution in [0.2, 0.25) is 0 Å². The van der Waals surface area contributed by atoms with Crippen molar-refractivity contribution >= 4 is 0 Å². The molecule has 2 heteroatoms. The second kappa shape index (κ2) is 9.12. The van der Waals surface area contributed by atoms with E-state index < -0.39 is 0 Å². The number of rotatable bonds is 9. The van der Waals surface area contributed by atoms with Crippen molar-refractivity contribution in [1.29, 1.82) is 0 Å². The van der Waals surface area contributed by atoms with Gasteiger partial charge in [0.2, 0.25) is 0 Å². The van der Waals surface area contributed by atoms with Gasteiger partial charge in [0.15, 0.2) is 0 Å². The molecule has 2 N–H and O–H groups in total. The molecule has 1 aromatic carbocycles. The van der Waals surface area contributed by atoms with Crippen LogP contribution in [0.5, 0.6) is 0 Å². The summed E-state index contributed by atoms with van der Waals surface area (Å²) in [5.41, 5.74) is 2.89. The van der Waals surface area contributed by atoms with Crippen LogP contribution in [0.25, 0.3) is 0 Å². The van der Waals surface area contributed by atoms with E-state index >= 15 is 0 Å². The lowest BCUT2D eigenvalue weighted by Crippen LogP contribution is -2.21. The second-order valence-corrected chi connectivity index (χ2v) is 5.01. The van der Waals surface area contributed by atoms with Gasteiger partial charge in [-0.05, 0) is 63.0 Å². The Balaban J connectivity index is 2.22. The lowest BCUT2D eigenvalue weighted by Gasteiger charge is -2.10. The Morgan fingerprint density at radius 2 is 1.78 bits per heavy atom. The highest BCUT2D eigenvalue weighted by molar-refractivity contribution is 5.25. The zero-order valence-electron chi connectivity index (χ0n) is 12.1. The second-order valence-electron chi connectivity index (χ2n) is 5.01. The fourth-order valence-electron chi connectivity index (χ4n) is 2.00. The quantitative estimate of drug-likeness (QED) is 0.657. The molecule has 18 heavy (non-hydrogen) atoms. The van der Waals surface area contributed by atoms with Gasteiger partial charge in [-0.15, -0.1) is 0 Å². The van der Waals surface area contributed by atoms with E-state index in [1.165, 1.54) is 24.0 Å². The van der Waals surface area contributed by atoms with Gasteiger partial charge < -0.3 is 10.6 Å². The number of benzene rings is 1. The van der Waals surface area contributed by atoms with Crippen LogP contribution in [0.1, 0.15) is 43.7 Å². The van der Waals surface area contributed by atoms with Crippen LogP contribution in [0, 0.1) is 0 Å². The minimum atomic E-state index is 0.679. The minimum Gasteiger partial charge on any atom is -0.320 e. The van der Waals surface area contributed by atoms with Crippen LogP contribution in [-0.4, -0.2) is 26.7 Å². The van der Waals surface area contributed by atoms with Crippen LogP contribution in [-0.2, 0) is 6.42 Å². The third kappa shape index (κ3) is 5.65. The molecule has 0 aliphatic carbocycles. The Hall–Kier alpha value is -0.860. The molecule has 0 aromatic heterocycles. The first kappa shape index (κ1) is 15.2. The van der Waals surface area contributed by atoms with Crippen LogP contribution < -0.4 is 10.6 Å². The topological polar surface area (TPSA) is 24.1 Å². The molecule has 1 aromatic rings. The first-order valence-corrected chi connectivity index (χ1v) is 7.22. The van der Waals surface area contributed by atoms with Crippen LogP contribution in [0.15, 0.2) is 24.3 Å². The van der Waals surface area contributed by atoms with Gasteiger partial charge in [-0.25, -0.2) is 0 Å². The molecular formula is C16H28N2. The monoisotopic (exact) mass is 248 g/mol. The van der Waals surface area contributed by atoms with E-state index in [4.69, 9.17) is 0 Å². The van der Waals surface area contributed by atoms with Crippen molar-refractivity contribution in [1.82, 2.24) is 10.6 Å². The van der Waals surface area contributed by atoms with Gasteiger partial charge in [-0.3, -0.25) is 0 Å². The van der Waals surface area contributed by atoms with Crippen molar-refractivity contribution in [2.75, 3.05) is 26.7 Å². The van der Waals surface area contributed by atoms with Gasteiger partial charge in [0.25, 0.3) is 0 Å². The summed E-state index contributed by atoms with van der Waals surface area (Å²) < 4.78 is 0. The maximum Gasteiger partial charge on any atom is -0.000834 e. The van der Waals surface area contributed by atoms with Gasteiger partial charge in [0, 0.05) is 0 Å². The zero-order chi connectivity index (χ0) is 13.2. The number of hydrogen-bond donors (Lipinski definition) is 2. The zero-order valence-corrected chi connectivity index (χ0v) is 12.1. The summed E-state index contributed by atoms with van der Waals surface area (Å²) >= 11 is 0. The third-order valence-corrected chi connectivity index (χ3v) is 3.53. The average molecular weight is 248 g/mol. The lowest BCUT2D eigenvalue weighted by atomic mass is 9.97.